The van der Waals surface area contributed by atoms with Gasteiger partial charge in [0.05, 0.1) is 23.7 Å². The van der Waals surface area contributed by atoms with Crippen LogP contribution in [0.15, 0.2) is 18.2 Å². The fourth-order valence-electron chi connectivity index (χ4n) is 2.72. The van der Waals surface area contributed by atoms with Crippen LogP contribution in [0.4, 0.5) is 23.8 Å². The first-order valence-corrected chi connectivity index (χ1v) is 8.80. The van der Waals surface area contributed by atoms with Crippen LogP contribution in [0.3, 0.4) is 0 Å². The van der Waals surface area contributed by atoms with Crippen LogP contribution in [0.5, 0.6) is 0 Å². The monoisotopic (exact) mass is 398 g/mol. The molecule has 0 aliphatic carbocycles. The third-order valence-corrected chi connectivity index (χ3v) is 4.17. The van der Waals surface area contributed by atoms with Gasteiger partial charge in [0, 0.05) is 24.5 Å². The minimum atomic E-state index is -4.54. The van der Waals surface area contributed by atoms with Gasteiger partial charge in [-0.05, 0) is 32.0 Å². The van der Waals surface area contributed by atoms with Gasteiger partial charge in [-0.1, -0.05) is 0 Å². The van der Waals surface area contributed by atoms with E-state index < -0.39 is 17.8 Å². The minimum Gasteiger partial charge on any atom is -0.359 e. The number of anilines is 1. The molecule has 1 aromatic carbocycles. The second-order valence-electron chi connectivity index (χ2n) is 6.87. The van der Waals surface area contributed by atoms with Gasteiger partial charge in [-0.3, -0.25) is 4.79 Å². The molecule has 28 heavy (non-hydrogen) atoms. The number of carbonyl (C=O) groups is 2. The van der Waals surface area contributed by atoms with Crippen molar-refractivity contribution in [1.29, 1.82) is 0 Å². The summed E-state index contributed by atoms with van der Waals surface area (Å²) in [5, 5.41) is 15.3. The van der Waals surface area contributed by atoms with Gasteiger partial charge in [-0.2, -0.15) is 17.9 Å². The number of rotatable bonds is 5. The third kappa shape index (κ3) is 4.35. The summed E-state index contributed by atoms with van der Waals surface area (Å²) < 4.78 is 40.3. The molecule has 0 spiro atoms. The van der Waals surface area contributed by atoms with E-state index in [1.807, 2.05) is 0 Å². The van der Waals surface area contributed by atoms with Crippen LogP contribution in [-0.4, -0.2) is 53.4 Å². The number of hydrogen-bond donors (Lipinski definition) is 4. The third-order valence-electron chi connectivity index (χ3n) is 4.17. The zero-order chi connectivity index (χ0) is 20.5. The summed E-state index contributed by atoms with van der Waals surface area (Å²) in [4.78, 5) is 24.3. The Hall–Kier alpha value is -2.82. The van der Waals surface area contributed by atoms with Crippen LogP contribution in [0.2, 0.25) is 0 Å². The lowest BCUT2D eigenvalue weighted by Gasteiger charge is -2.27. The topological polar surface area (TPSA) is 100 Å². The normalized spacial score (nSPS) is 14.8. The number of benzene rings is 1. The molecule has 0 atom stereocenters. The first-order valence-electron chi connectivity index (χ1n) is 8.80. The second kappa shape index (κ2) is 7.66. The molecule has 1 aromatic heterocycles. The first-order chi connectivity index (χ1) is 13.1. The maximum Gasteiger partial charge on any atom is 0.416 e. The van der Waals surface area contributed by atoms with E-state index in [1.165, 1.54) is 6.07 Å². The smallest absolute Gasteiger partial charge is 0.359 e. The zero-order valence-electron chi connectivity index (χ0n) is 15.4. The van der Waals surface area contributed by atoms with Crippen molar-refractivity contribution in [3.8, 4) is 0 Å². The molecule has 0 radical (unpaired) electrons. The fourth-order valence-corrected chi connectivity index (χ4v) is 2.72. The Balaban J connectivity index is 1.89. The molecule has 1 fully saturated rings. The molecule has 1 aliphatic heterocycles. The van der Waals surface area contributed by atoms with Crippen molar-refractivity contribution >= 4 is 28.7 Å². The Morgan fingerprint density at radius 2 is 2.04 bits per heavy atom. The van der Waals surface area contributed by atoms with Crippen LogP contribution in [0, 0.1) is 0 Å². The van der Waals surface area contributed by atoms with Crippen molar-refractivity contribution < 1.29 is 22.8 Å². The number of alkyl halides is 3. The van der Waals surface area contributed by atoms with Gasteiger partial charge in [0.25, 0.3) is 0 Å². The predicted molar refractivity (Wildman–Crippen MR) is 97.1 cm³/mol. The summed E-state index contributed by atoms with van der Waals surface area (Å²) in [5.41, 5.74) is -0.658. The Bertz CT molecular complexity index is 889. The van der Waals surface area contributed by atoms with E-state index in [-0.39, 0.29) is 41.3 Å². The number of amides is 2. The Labute approximate surface area is 158 Å². The molecule has 1 saturated heterocycles. The average molecular weight is 398 g/mol. The molecule has 2 aromatic rings. The maximum absolute atomic E-state index is 13.1. The van der Waals surface area contributed by atoms with E-state index in [4.69, 9.17) is 0 Å². The molecule has 2 heterocycles. The molecule has 3 rings (SSSR count). The van der Waals surface area contributed by atoms with Gasteiger partial charge in [-0.25, -0.2) is 4.79 Å². The van der Waals surface area contributed by atoms with Crippen LogP contribution in [0.25, 0.3) is 10.9 Å². The molecule has 8 nitrogen and oxygen atoms in total. The summed E-state index contributed by atoms with van der Waals surface area (Å²) >= 11 is 0. The van der Waals surface area contributed by atoms with Crippen molar-refractivity contribution in [2.45, 2.75) is 32.1 Å². The summed E-state index contributed by atoms with van der Waals surface area (Å²) in [7, 11) is 0. The molecule has 0 saturated carbocycles. The Morgan fingerprint density at radius 1 is 1.32 bits per heavy atom. The highest BCUT2D eigenvalue weighted by Crippen LogP contribution is 2.33. The van der Waals surface area contributed by atoms with E-state index in [2.05, 4.69) is 26.4 Å². The number of carbonyl (C=O) groups excluding carboxylic acids is 2. The van der Waals surface area contributed by atoms with Crippen molar-refractivity contribution in [2.75, 3.05) is 25.0 Å². The van der Waals surface area contributed by atoms with Crippen molar-refractivity contribution in [2.24, 2.45) is 0 Å². The van der Waals surface area contributed by atoms with Crippen LogP contribution in [-0.2, 0) is 11.0 Å². The summed E-state index contributed by atoms with van der Waals surface area (Å²) in [6.45, 7) is 4.68. The van der Waals surface area contributed by atoms with Gasteiger partial charge in [-0.15, -0.1) is 5.10 Å². The van der Waals surface area contributed by atoms with E-state index in [0.29, 0.717) is 13.1 Å². The first kappa shape index (κ1) is 19.9. The predicted octanol–water partition coefficient (Wildman–Crippen LogP) is 1.52. The van der Waals surface area contributed by atoms with Gasteiger partial charge in [0.1, 0.15) is 0 Å². The van der Waals surface area contributed by atoms with Crippen molar-refractivity contribution in [3.63, 3.8) is 0 Å². The summed E-state index contributed by atoms with van der Waals surface area (Å²) in [5.74, 6) is -0.283. The van der Waals surface area contributed by atoms with Gasteiger partial charge >= 0.3 is 12.2 Å². The standard InChI is InChI=1S/C17H21F3N6O2/c1-9(2)23-16(28)26-13-4-3-10(17(18,19)20)5-12(13)15(25-26)22-8-14(27)24-11-6-21-7-11/h3-5,9,11,21H,6-8H2,1-2H3,(H,22,25)(H,23,28)(H,24,27). The molecule has 0 bridgehead atoms. The second-order valence-corrected chi connectivity index (χ2v) is 6.87. The van der Waals surface area contributed by atoms with Gasteiger partial charge < -0.3 is 21.3 Å². The highest BCUT2D eigenvalue weighted by Gasteiger charge is 2.31. The van der Waals surface area contributed by atoms with Crippen molar-refractivity contribution in [1.82, 2.24) is 25.7 Å². The largest absolute Gasteiger partial charge is 0.416 e. The van der Waals surface area contributed by atoms with Crippen LogP contribution >= 0.6 is 0 Å². The molecule has 11 heteroatoms. The molecule has 1 aliphatic rings. The lowest BCUT2D eigenvalue weighted by molar-refractivity contribution is -0.137. The number of nitrogens with zero attached hydrogens (tertiary/aromatic N) is 2. The molecular formula is C17H21F3N6O2. The number of nitrogens with one attached hydrogen (secondary N) is 4. The van der Waals surface area contributed by atoms with Gasteiger partial charge in [0.15, 0.2) is 5.82 Å². The number of aromatic nitrogens is 2. The van der Waals surface area contributed by atoms with E-state index >= 15 is 0 Å². The highest BCUT2D eigenvalue weighted by atomic mass is 19.4. The summed E-state index contributed by atoms with van der Waals surface area (Å²) in [6.07, 6.45) is -4.54. The van der Waals surface area contributed by atoms with E-state index in [1.54, 1.807) is 13.8 Å². The SMILES string of the molecule is CC(C)NC(=O)n1nc(NCC(=O)NC2CNC2)c2cc(C(F)(F)F)ccc21. The van der Waals surface area contributed by atoms with E-state index in [0.717, 1.165) is 16.8 Å². The van der Waals surface area contributed by atoms with Gasteiger partial charge in [0.2, 0.25) is 5.91 Å². The Kier molecular flexibility index (Phi) is 5.45. The fraction of sp³-hybridized carbons (Fsp3) is 0.471. The summed E-state index contributed by atoms with van der Waals surface area (Å²) in [6, 6.07) is 2.28. The number of fused-ring (bicyclic) bond motifs is 1. The lowest BCUT2D eigenvalue weighted by Crippen LogP contribution is -2.57. The zero-order valence-corrected chi connectivity index (χ0v) is 15.4. The molecule has 4 N–H and O–H groups in total. The van der Waals surface area contributed by atoms with Crippen LogP contribution < -0.4 is 21.3 Å². The van der Waals surface area contributed by atoms with Crippen molar-refractivity contribution in [3.05, 3.63) is 23.8 Å². The Morgan fingerprint density at radius 3 is 2.61 bits per heavy atom. The quantitative estimate of drug-likeness (QED) is 0.612. The molecule has 152 valence electrons. The lowest BCUT2D eigenvalue weighted by atomic mass is 10.1. The molecule has 0 unspecified atom stereocenters. The average Bonchev–Trinajstić information content (AvgIpc) is 2.93. The maximum atomic E-state index is 13.1. The van der Waals surface area contributed by atoms with E-state index in [9.17, 15) is 22.8 Å². The number of hydrogen-bond acceptors (Lipinski definition) is 5. The van der Waals surface area contributed by atoms with Crippen LogP contribution in [0.1, 0.15) is 19.4 Å². The highest BCUT2D eigenvalue weighted by molar-refractivity contribution is 5.98. The molecular weight excluding hydrogens is 377 g/mol. The number of halogens is 3. The molecule has 2 amide bonds. The minimum absolute atomic E-state index is 0.0295.